The first kappa shape index (κ1) is 17.5. The van der Waals surface area contributed by atoms with E-state index in [1.165, 1.54) is 0 Å². The van der Waals surface area contributed by atoms with Crippen molar-refractivity contribution < 1.29 is 9.90 Å². The summed E-state index contributed by atoms with van der Waals surface area (Å²) in [6.07, 6.45) is 4.63. The summed E-state index contributed by atoms with van der Waals surface area (Å²) in [6.45, 7) is 5.85. The number of aliphatic hydroxyl groups excluding tert-OH is 1. The number of aromatic nitrogens is 2. The van der Waals surface area contributed by atoms with Gasteiger partial charge < -0.3 is 15.3 Å². The number of amides is 2. The van der Waals surface area contributed by atoms with Crippen LogP contribution >= 0.6 is 0 Å². The number of hydrogen-bond acceptors (Lipinski definition) is 3. The number of likely N-dealkylation sites (tertiary alicyclic amines) is 1. The summed E-state index contributed by atoms with van der Waals surface area (Å²) in [5.74, 6) is 0. The molecule has 25 heavy (non-hydrogen) atoms. The fourth-order valence-corrected chi connectivity index (χ4v) is 3.46. The molecule has 0 unspecified atom stereocenters. The van der Waals surface area contributed by atoms with Crippen molar-refractivity contribution in [2.45, 2.75) is 39.3 Å². The van der Waals surface area contributed by atoms with Crippen LogP contribution in [0.25, 0.3) is 5.69 Å². The second-order valence-electron chi connectivity index (χ2n) is 7.47. The summed E-state index contributed by atoms with van der Waals surface area (Å²) in [5.41, 5.74) is 1.88. The highest BCUT2D eigenvalue weighted by molar-refractivity contribution is 5.74. The van der Waals surface area contributed by atoms with Crippen molar-refractivity contribution in [2.24, 2.45) is 5.41 Å². The van der Waals surface area contributed by atoms with Gasteiger partial charge in [0.25, 0.3) is 0 Å². The number of benzene rings is 1. The van der Waals surface area contributed by atoms with Gasteiger partial charge in [-0.1, -0.05) is 32.0 Å². The first-order chi connectivity index (χ1) is 11.9. The predicted molar refractivity (Wildman–Crippen MR) is 96.4 cm³/mol. The van der Waals surface area contributed by atoms with Crippen LogP contribution in [-0.4, -0.2) is 45.0 Å². The smallest absolute Gasteiger partial charge is 0.317 e. The van der Waals surface area contributed by atoms with E-state index < -0.39 is 0 Å². The lowest BCUT2D eigenvalue weighted by Crippen LogP contribution is -2.43. The lowest BCUT2D eigenvalue weighted by molar-refractivity contribution is 0.121. The van der Waals surface area contributed by atoms with Crippen LogP contribution in [0.1, 0.15) is 32.3 Å². The maximum Gasteiger partial charge on any atom is 0.317 e. The molecule has 2 aromatic rings. The molecule has 0 spiro atoms. The Bertz CT molecular complexity index is 712. The zero-order valence-electron chi connectivity index (χ0n) is 14.9. The van der Waals surface area contributed by atoms with Crippen molar-refractivity contribution in [3.05, 3.63) is 48.3 Å². The molecular formula is C19H26N4O2. The molecule has 2 N–H and O–H groups in total. The van der Waals surface area contributed by atoms with Crippen LogP contribution in [0, 0.1) is 5.41 Å². The molecule has 1 aromatic carbocycles. The molecule has 1 aromatic heterocycles. The monoisotopic (exact) mass is 342 g/mol. The van der Waals surface area contributed by atoms with Crippen LogP contribution < -0.4 is 5.32 Å². The van der Waals surface area contributed by atoms with Gasteiger partial charge in [0.2, 0.25) is 0 Å². The fraction of sp³-hybridized carbons (Fsp3) is 0.474. The summed E-state index contributed by atoms with van der Waals surface area (Å²) in [4.78, 5) is 14.4. The van der Waals surface area contributed by atoms with Crippen molar-refractivity contribution in [2.75, 3.05) is 13.1 Å². The molecule has 1 aliphatic rings. The molecule has 2 heterocycles. The number of hydrogen-bond donors (Lipinski definition) is 2. The molecule has 134 valence electrons. The highest BCUT2D eigenvalue weighted by atomic mass is 16.3. The van der Waals surface area contributed by atoms with Crippen LogP contribution in [-0.2, 0) is 6.54 Å². The van der Waals surface area contributed by atoms with E-state index in [4.69, 9.17) is 0 Å². The molecular weight excluding hydrogens is 316 g/mol. The van der Waals surface area contributed by atoms with E-state index in [0.717, 1.165) is 17.7 Å². The van der Waals surface area contributed by atoms with E-state index in [1.54, 1.807) is 10.9 Å². The maximum absolute atomic E-state index is 12.6. The van der Waals surface area contributed by atoms with Crippen molar-refractivity contribution in [3.8, 4) is 5.69 Å². The van der Waals surface area contributed by atoms with Crippen LogP contribution in [0.4, 0.5) is 4.79 Å². The van der Waals surface area contributed by atoms with E-state index in [0.29, 0.717) is 26.1 Å². The Kier molecular flexibility index (Phi) is 5.08. The van der Waals surface area contributed by atoms with Crippen LogP contribution in [0.5, 0.6) is 0 Å². The van der Waals surface area contributed by atoms with Gasteiger partial charge in [-0.15, -0.1) is 0 Å². The van der Waals surface area contributed by atoms with Gasteiger partial charge in [-0.3, -0.25) is 0 Å². The number of urea groups is 1. The number of carbonyl (C=O) groups excluding carboxylic acids is 1. The number of rotatable bonds is 3. The molecule has 2 amide bonds. The van der Waals surface area contributed by atoms with Gasteiger partial charge in [-0.2, -0.15) is 5.10 Å². The van der Waals surface area contributed by atoms with Crippen molar-refractivity contribution in [1.29, 1.82) is 0 Å². The molecule has 6 nitrogen and oxygen atoms in total. The molecule has 3 rings (SSSR count). The molecule has 0 aliphatic carbocycles. The number of nitrogens with one attached hydrogen (secondary N) is 1. The summed E-state index contributed by atoms with van der Waals surface area (Å²) < 4.78 is 1.80. The van der Waals surface area contributed by atoms with E-state index >= 15 is 0 Å². The Labute approximate surface area is 148 Å². The molecule has 1 saturated heterocycles. The summed E-state index contributed by atoms with van der Waals surface area (Å²) >= 11 is 0. The van der Waals surface area contributed by atoms with Crippen molar-refractivity contribution in [3.63, 3.8) is 0 Å². The second kappa shape index (κ2) is 7.27. The third-order valence-electron chi connectivity index (χ3n) is 4.60. The zero-order chi connectivity index (χ0) is 17.9. The number of aliphatic hydroxyl groups is 1. The van der Waals surface area contributed by atoms with Crippen LogP contribution in [0.2, 0.25) is 0 Å². The second-order valence-corrected chi connectivity index (χ2v) is 7.47. The van der Waals surface area contributed by atoms with Gasteiger partial charge in [0.05, 0.1) is 11.8 Å². The van der Waals surface area contributed by atoms with Gasteiger partial charge in [0.15, 0.2) is 0 Å². The van der Waals surface area contributed by atoms with Gasteiger partial charge in [-0.25, -0.2) is 9.48 Å². The maximum atomic E-state index is 12.6. The average Bonchev–Trinajstić information content (AvgIpc) is 3.06. The largest absolute Gasteiger partial charge is 0.393 e. The first-order valence-corrected chi connectivity index (χ1v) is 8.73. The topological polar surface area (TPSA) is 70.4 Å². The Morgan fingerprint density at radius 3 is 2.92 bits per heavy atom. The third kappa shape index (κ3) is 4.39. The van der Waals surface area contributed by atoms with E-state index in [1.807, 2.05) is 41.4 Å². The number of nitrogens with zero attached hydrogens (tertiary/aromatic N) is 3. The normalized spacial score (nSPS) is 20.1. The van der Waals surface area contributed by atoms with Crippen molar-refractivity contribution >= 4 is 6.03 Å². The fourth-order valence-electron chi connectivity index (χ4n) is 3.46. The minimum atomic E-state index is -0.339. The average molecular weight is 342 g/mol. The van der Waals surface area contributed by atoms with E-state index in [9.17, 15) is 9.90 Å². The quantitative estimate of drug-likeness (QED) is 0.901. The molecule has 0 radical (unpaired) electrons. The molecule has 0 saturated carbocycles. The minimum Gasteiger partial charge on any atom is -0.393 e. The SMILES string of the molecule is CC1(C)C[C@@H](O)CCN(C(=O)NCc2ccccc2-n2cccn2)C1. The molecule has 1 atom stereocenters. The molecule has 6 heteroatoms. The van der Waals surface area contributed by atoms with E-state index in [2.05, 4.69) is 24.3 Å². The van der Waals surface area contributed by atoms with Gasteiger partial charge in [0, 0.05) is 32.0 Å². The zero-order valence-corrected chi connectivity index (χ0v) is 14.9. The summed E-state index contributed by atoms with van der Waals surface area (Å²) in [7, 11) is 0. The molecule has 1 fully saturated rings. The van der Waals surface area contributed by atoms with Crippen LogP contribution in [0.3, 0.4) is 0 Å². The standard InChI is InChI=1S/C19H26N4O2/c1-19(2)12-16(24)8-11-22(14-19)18(25)20-13-15-6-3-4-7-17(15)23-10-5-9-21-23/h3-7,9-10,16,24H,8,11-14H2,1-2H3,(H,20,25)/t16-/m0/s1. The molecule has 1 aliphatic heterocycles. The lowest BCUT2D eigenvalue weighted by atomic mass is 9.87. The predicted octanol–water partition coefficient (Wildman–Crippen LogP) is 2.56. The van der Waals surface area contributed by atoms with Gasteiger partial charge in [0.1, 0.15) is 0 Å². The summed E-state index contributed by atoms with van der Waals surface area (Å²) in [5, 5.41) is 17.3. The number of para-hydroxylation sites is 1. The van der Waals surface area contributed by atoms with Gasteiger partial charge >= 0.3 is 6.03 Å². The highest BCUT2D eigenvalue weighted by Gasteiger charge is 2.31. The first-order valence-electron chi connectivity index (χ1n) is 8.73. The Balaban J connectivity index is 1.67. The molecule has 0 bridgehead atoms. The van der Waals surface area contributed by atoms with Gasteiger partial charge in [-0.05, 0) is 36.0 Å². The summed E-state index contributed by atoms with van der Waals surface area (Å²) in [6, 6.07) is 9.69. The van der Waals surface area contributed by atoms with E-state index in [-0.39, 0.29) is 17.6 Å². The third-order valence-corrected chi connectivity index (χ3v) is 4.60. The lowest BCUT2D eigenvalue weighted by Gasteiger charge is -2.29. The van der Waals surface area contributed by atoms with Crippen LogP contribution in [0.15, 0.2) is 42.7 Å². The Hall–Kier alpha value is -2.34. The highest BCUT2D eigenvalue weighted by Crippen LogP contribution is 2.28. The minimum absolute atomic E-state index is 0.0831. The Morgan fingerprint density at radius 2 is 2.16 bits per heavy atom. The van der Waals surface area contributed by atoms with Crippen molar-refractivity contribution in [1.82, 2.24) is 20.0 Å². The number of carbonyl (C=O) groups is 1. The Morgan fingerprint density at radius 1 is 1.36 bits per heavy atom.